The molecule has 0 radical (unpaired) electrons. The van der Waals surface area contributed by atoms with Crippen LogP contribution in [0, 0.1) is 0 Å². The van der Waals surface area contributed by atoms with Gasteiger partial charge in [-0.1, -0.05) is 0 Å². The van der Waals surface area contributed by atoms with Crippen molar-refractivity contribution in [1.29, 1.82) is 0 Å². The Kier molecular flexibility index (Phi) is 2.55. The van der Waals surface area contributed by atoms with Crippen molar-refractivity contribution in [2.45, 2.75) is 50.3 Å². The predicted octanol–water partition coefficient (Wildman–Crippen LogP) is -0.326. The molecule has 0 bridgehead atoms. The lowest BCUT2D eigenvalue weighted by Gasteiger charge is -2.14. The summed E-state index contributed by atoms with van der Waals surface area (Å²) in [7, 11) is 0. The van der Waals surface area contributed by atoms with Crippen molar-refractivity contribution in [3.8, 4) is 0 Å². The molecule has 2 N–H and O–H groups in total. The Bertz CT molecular complexity index is 180. The van der Waals surface area contributed by atoms with E-state index in [-0.39, 0.29) is 12.2 Å². The largest absolute Gasteiger partial charge is 0.388 e. The van der Waals surface area contributed by atoms with Gasteiger partial charge < -0.3 is 19.7 Å². The smallest absolute Gasteiger partial charge is 0.111 e. The van der Waals surface area contributed by atoms with Gasteiger partial charge in [-0.2, -0.15) is 0 Å². The summed E-state index contributed by atoms with van der Waals surface area (Å²) in [6.45, 7) is 2.15. The van der Waals surface area contributed by atoms with E-state index in [9.17, 15) is 10.2 Å². The first-order valence-corrected chi connectivity index (χ1v) is 4.81. The number of ether oxygens (including phenoxy) is 2. The molecule has 2 rings (SSSR count). The van der Waals surface area contributed by atoms with Crippen molar-refractivity contribution in [2.24, 2.45) is 0 Å². The highest BCUT2D eigenvalue weighted by Crippen LogP contribution is 2.26. The summed E-state index contributed by atoms with van der Waals surface area (Å²) in [4.78, 5) is 0. The van der Waals surface area contributed by atoms with Crippen molar-refractivity contribution in [3.05, 3.63) is 0 Å². The van der Waals surface area contributed by atoms with Crippen LogP contribution in [0.5, 0.6) is 0 Å². The zero-order valence-electron chi connectivity index (χ0n) is 7.72. The molecule has 4 heteroatoms. The second-order valence-corrected chi connectivity index (χ2v) is 3.89. The Morgan fingerprint density at radius 2 is 2.00 bits per heavy atom. The Morgan fingerprint density at radius 1 is 1.31 bits per heavy atom. The van der Waals surface area contributed by atoms with E-state index in [1.165, 1.54) is 0 Å². The maximum absolute atomic E-state index is 9.51. The topological polar surface area (TPSA) is 58.9 Å². The van der Waals surface area contributed by atoms with Gasteiger partial charge in [0.15, 0.2) is 0 Å². The Balaban J connectivity index is 1.78. The molecular formula is C9H16O4. The summed E-state index contributed by atoms with van der Waals surface area (Å²) in [5, 5.41) is 18.9. The molecule has 0 aromatic rings. The molecule has 1 aliphatic heterocycles. The van der Waals surface area contributed by atoms with E-state index >= 15 is 0 Å². The van der Waals surface area contributed by atoms with Gasteiger partial charge in [-0.25, -0.2) is 0 Å². The number of hydrogen-bond acceptors (Lipinski definition) is 4. The van der Waals surface area contributed by atoms with E-state index in [1.807, 2.05) is 0 Å². The van der Waals surface area contributed by atoms with Crippen LogP contribution in [0.25, 0.3) is 0 Å². The number of rotatable bonds is 3. The van der Waals surface area contributed by atoms with E-state index in [0.717, 1.165) is 12.8 Å². The highest BCUT2D eigenvalue weighted by Gasteiger charge is 2.40. The Labute approximate surface area is 77.5 Å². The van der Waals surface area contributed by atoms with Crippen LogP contribution in [0.3, 0.4) is 0 Å². The van der Waals surface area contributed by atoms with Crippen LogP contribution >= 0.6 is 0 Å². The molecule has 1 heterocycles. The van der Waals surface area contributed by atoms with Gasteiger partial charge in [0.25, 0.3) is 0 Å². The monoisotopic (exact) mass is 188 g/mol. The lowest BCUT2D eigenvalue weighted by molar-refractivity contribution is -0.0449. The number of hydrogen-bond donors (Lipinski definition) is 2. The molecular weight excluding hydrogens is 172 g/mol. The van der Waals surface area contributed by atoms with Crippen LogP contribution in [0.1, 0.15) is 19.8 Å². The maximum Gasteiger partial charge on any atom is 0.111 e. The average Bonchev–Trinajstić information content (AvgIpc) is 2.89. The molecule has 1 unspecified atom stereocenters. The van der Waals surface area contributed by atoms with E-state index in [4.69, 9.17) is 9.47 Å². The van der Waals surface area contributed by atoms with Gasteiger partial charge in [0.1, 0.15) is 18.3 Å². The molecule has 2 fully saturated rings. The molecule has 1 saturated carbocycles. The molecule has 0 aromatic carbocycles. The van der Waals surface area contributed by atoms with E-state index in [0.29, 0.717) is 12.7 Å². The van der Waals surface area contributed by atoms with Gasteiger partial charge in [0.05, 0.1) is 18.8 Å². The minimum atomic E-state index is -0.797. The third-order valence-electron chi connectivity index (χ3n) is 2.62. The summed E-state index contributed by atoms with van der Waals surface area (Å²) >= 11 is 0. The summed E-state index contributed by atoms with van der Waals surface area (Å²) < 4.78 is 10.7. The minimum absolute atomic E-state index is 0.289. The molecule has 2 aliphatic rings. The zero-order valence-corrected chi connectivity index (χ0v) is 7.72. The second kappa shape index (κ2) is 3.53. The van der Waals surface area contributed by atoms with Crippen LogP contribution in [-0.2, 0) is 9.47 Å². The molecule has 0 spiro atoms. The summed E-state index contributed by atoms with van der Waals surface area (Å²) in [5.41, 5.74) is 0. The lowest BCUT2D eigenvalue weighted by Crippen LogP contribution is -2.34. The quantitative estimate of drug-likeness (QED) is 0.637. The summed E-state index contributed by atoms with van der Waals surface area (Å²) in [6, 6.07) is 0. The first kappa shape index (κ1) is 9.40. The molecule has 1 saturated heterocycles. The van der Waals surface area contributed by atoms with Crippen molar-refractivity contribution in [2.75, 3.05) is 6.61 Å². The third-order valence-corrected chi connectivity index (χ3v) is 2.62. The Hall–Kier alpha value is -0.160. The van der Waals surface area contributed by atoms with E-state index in [1.54, 1.807) is 6.92 Å². The highest BCUT2D eigenvalue weighted by atomic mass is 16.6. The first-order chi connectivity index (χ1) is 6.18. The van der Waals surface area contributed by atoms with Crippen molar-refractivity contribution in [3.63, 3.8) is 0 Å². The zero-order chi connectivity index (χ0) is 9.42. The van der Waals surface area contributed by atoms with E-state index < -0.39 is 12.2 Å². The van der Waals surface area contributed by atoms with Gasteiger partial charge in [0.2, 0.25) is 0 Å². The molecule has 13 heavy (non-hydrogen) atoms. The summed E-state index contributed by atoms with van der Waals surface area (Å²) in [5.74, 6) is 0. The van der Waals surface area contributed by atoms with Crippen LogP contribution in [0.4, 0.5) is 0 Å². The standard InChI is InChI=1S/C9H16O4/c1-5-8(10)9(11)7(13-5)4-12-6-2-3-6/h5-11H,2-4H2,1H3/t5-,7+,8?,9-/m0/s1. The first-order valence-electron chi connectivity index (χ1n) is 4.81. The van der Waals surface area contributed by atoms with Gasteiger partial charge >= 0.3 is 0 Å². The van der Waals surface area contributed by atoms with Crippen molar-refractivity contribution in [1.82, 2.24) is 0 Å². The van der Waals surface area contributed by atoms with Gasteiger partial charge in [0, 0.05) is 0 Å². The van der Waals surface area contributed by atoms with Crippen LogP contribution in [0.2, 0.25) is 0 Å². The fraction of sp³-hybridized carbons (Fsp3) is 1.00. The predicted molar refractivity (Wildman–Crippen MR) is 45.3 cm³/mol. The van der Waals surface area contributed by atoms with Crippen LogP contribution < -0.4 is 0 Å². The van der Waals surface area contributed by atoms with Gasteiger partial charge in [-0.15, -0.1) is 0 Å². The number of aliphatic hydroxyl groups excluding tert-OH is 2. The van der Waals surface area contributed by atoms with Crippen LogP contribution in [0.15, 0.2) is 0 Å². The molecule has 76 valence electrons. The Morgan fingerprint density at radius 3 is 2.46 bits per heavy atom. The van der Waals surface area contributed by atoms with Crippen molar-refractivity contribution < 1.29 is 19.7 Å². The average molecular weight is 188 g/mol. The number of aliphatic hydroxyl groups is 2. The SMILES string of the molecule is C[C@@H]1O[C@H](COC2CC2)[C@H](O)C1O. The summed E-state index contributed by atoms with van der Waals surface area (Å²) in [6.07, 6.45) is 0.376. The molecule has 0 aromatic heterocycles. The molecule has 4 nitrogen and oxygen atoms in total. The molecule has 1 aliphatic carbocycles. The maximum atomic E-state index is 9.51. The minimum Gasteiger partial charge on any atom is -0.388 e. The van der Waals surface area contributed by atoms with E-state index in [2.05, 4.69) is 0 Å². The lowest BCUT2D eigenvalue weighted by atomic mass is 10.1. The highest BCUT2D eigenvalue weighted by molar-refractivity contribution is 4.88. The fourth-order valence-corrected chi connectivity index (χ4v) is 1.54. The second-order valence-electron chi connectivity index (χ2n) is 3.89. The van der Waals surface area contributed by atoms with Crippen LogP contribution in [-0.4, -0.2) is 47.3 Å². The van der Waals surface area contributed by atoms with Crippen molar-refractivity contribution >= 4 is 0 Å². The van der Waals surface area contributed by atoms with Gasteiger partial charge in [-0.05, 0) is 19.8 Å². The fourth-order valence-electron chi connectivity index (χ4n) is 1.54. The van der Waals surface area contributed by atoms with Gasteiger partial charge in [-0.3, -0.25) is 0 Å². The normalized spacial score (nSPS) is 45.5. The third kappa shape index (κ3) is 2.02. The molecule has 0 amide bonds. The molecule has 4 atom stereocenters.